The summed E-state index contributed by atoms with van der Waals surface area (Å²) in [6.45, 7) is 1.95. The van der Waals surface area contributed by atoms with E-state index in [0.717, 1.165) is 5.56 Å². The second-order valence-electron chi connectivity index (χ2n) is 4.14. The molecule has 0 saturated carbocycles. The number of ether oxygens (including phenoxy) is 1. The zero-order chi connectivity index (χ0) is 13.5. The fourth-order valence-electron chi connectivity index (χ4n) is 1.72. The highest BCUT2D eigenvalue weighted by molar-refractivity contribution is 5.94. The highest BCUT2D eigenvalue weighted by Gasteiger charge is 2.10. The van der Waals surface area contributed by atoms with Gasteiger partial charge in [-0.15, -0.1) is 0 Å². The fourth-order valence-corrected chi connectivity index (χ4v) is 1.72. The van der Waals surface area contributed by atoms with Gasteiger partial charge in [0.25, 0.3) is 0 Å². The lowest BCUT2D eigenvalue weighted by Gasteiger charge is -2.06. The van der Waals surface area contributed by atoms with Gasteiger partial charge in [-0.2, -0.15) is 0 Å². The Kier molecular flexibility index (Phi) is 4.51. The van der Waals surface area contributed by atoms with Gasteiger partial charge in [0.15, 0.2) is 0 Å². The first-order valence-corrected chi connectivity index (χ1v) is 6.32. The fraction of sp³-hybridized carbons (Fsp3) is 0.118. The molecule has 0 unspecified atom stereocenters. The largest absolute Gasteiger partial charge is 0.423 e. The van der Waals surface area contributed by atoms with E-state index in [1.165, 1.54) is 0 Å². The lowest BCUT2D eigenvalue weighted by Crippen LogP contribution is -2.10. The molecule has 0 fully saturated rings. The van der Waals surface area contributed by atoms with Crippen LogP contribution in [0.5, 0.6) is 5.75 Å². The number of rotatable bonds is 4. The van der Waals surface area contributed by atoms with Crippen LogP contribution in [0.1, 0.15) is 18.9 Å². The van der Waals surface area contributed by atoms with Crippen molar-refractivity contribution >= 4 is 12.0 Å². The molecule has 0 saturated heterocycles. The summed E-state index contributed by atoms with van der Waals surface area (Å²) in [7, 11) is 0. The summed E-state index contributed by atoms with van der Waals surface area (Å²) in [5.74, 6) is 0.275. The Labute approximate surface area is 113 Å². The average Bonchev–Trinajstić information content (AvgIpc) is 2.47. The zero-order valence-electron chi connectivity index (χ0n) is 10.9. The Morgan fingerprint density at radius 2 is 1.58 bits per heavy atom. The van der Waals surface area contributed by atoms with Gasteiger partial charge in [0, 0.05) is 5.57 Å². The summed E-state index contributed by atoms with van der Waals surface area (Å²) in [6, 6.07) is 18.9. The Bertz CT molecular complexity index is 556. The van der Waals surface area contributed by atoms with Crippen LogP contribution in [0.25, 0.3) is 6.08 Å². The molecule has 0 radical (unpaired) electrons. The van der Waals surface area contributed by atoms with Crippen molar-refractivity contribution in [3.63, 3.8) is 0 Å². The molecule has 2 nitrogen and oxygen atoms in total. The van der Waals surface area contributed by atoms with Crippen LogP contribution < -0.4 is 4.74 Å². The maximum Gasteiger partial charge on any atom is 0.339 e. The van der Waals surface area contributed by atoms with Crippen LogP contribution in [0.15, 0.2) is 66.2 Å². The Morgan fingerprint density at radius 1 is 1.00 bits per heavy atom. The molecule has 19 heavy (non-hydrogen) atoms. The minimum atomic E-state index is -0.294. The molecular formula is C17H16O2. The van der Waals surface area contributed by atoms with Gasteiger partial charge in [-0.25, -0.2) is 4.79 Å². The molecule has 0 amide bonds. The maximum atomic E-state index is 12.1. The molecular weight excluding hydrogens is 236 g/mol. The first kappa shape index (κ1) is 13.1. The summed E-state index contributed by atoms with van der Waals surface area (Å²) in [4.78, 5) is 12.1. The van der Waals surface area contributed by atoms with Crippen LogP contribution >= 0.6 is 0 Å². The number of para-hydroxylation sites is 1. The molecule has 0 aromatic heterocycles. The van der Waals surface area contributed by atoms with Gasteiger partial charge in [0.05, 0.1) is 0 Å². The van der Waals surface area contributed by atoms with Crippen molar-refractivity contribution in [2.75, 3.05) is 0 Å². The number of hydrogen-bond acceptors (Lipinski definition) is 2. The molecule has 0 aliphatic rings. The Balaban J connectivity index is 2.14. The topological polar surface area (TPSA) is 26.3 Å². The number of hydrogen-bond donors (Lipinski definition) is 0. The van der Waals surface area contributed by atoms with Gasteiger partial charge in [-0.1, -0.05) is 55.5 Å². The van der Waals surface area contributed by atoms with Crippen molar-refractivity contribution in [1.82, 2.24) is 0 Å². The van der Waals surface area contributed by atoms with E-state index in [2.05, 4.69) is 0 Å². The van der Waals surface area contributed by atoms with E-state index in [1.54, 1.807) is 12.1 Å². The van der Waals surface area contributed by atoms with Gasteiger partial charge in [-0.05, 0) is 30.2 Å². The minimum absolute atomic E-state index is 0.294. The van der Waals surface area contributed by atoms with Crippen LogP contribution in [0, 0.1) is 0 Å². The summed E-state index contributed by atoms with van der Waals surface area (Å²) >= 11 is 0. The molecule has 0 atom stereocenters. The summed E-state index contributed by atoms with van der Waals surface area (Å²) in [6.07, 6.45) is 2.51. The lowest BCUT2D eigenvalue weighted by atomic mass is 10.1. The molecule has 0 N–H and O–H groups in total. The second-order valence-corrected chi connectivity index (χ2v) is 4.14. The molecule has 2 rings (SSSR count). The summed E-state index contributed by atoms with van der Waals surface area (Å²) in [5, 5.41) is 0. The maximum absolute atomic E-state index is 12.1. The van der Waals surface area contributed by atoms with Gasteiger partial charge < -0.3 is 4.74 Å². The molecule has 0 heterocycles. The van der Waals surface area contributed by atoms with Crippen LogP contribution in [-0.2, 0) is 4.79 Å². The predicted octanol–water partition coefficient (Wildman–Crippen LogP) is 4.09. The van der Waals surface area contributed by atoms with Crippen LogP contribution in [-0.4, -0.2) is 5.97 Å². The van der Waals surface area contributed by atoms with Crippen molar-refractivity contribution in [3.8, 4) is 5.75 Å². The lowest BCUT2D eigenvalue weighted by molar-refractivity contribution is -0.130. The van der Waals surface area contributed by atoms with Crippen molar-refractivity contribution in [2.24, 2.45) is 0 Å². The third-order valence-electron chi connectivity index (χ3n) is 2.74. The Morgan fingerprint density at radius 3 is 2.16 bits per heavy atom. The van der Waals surface area contributed by atoms with Gasteiger partial charge in [0.2, 0.25) is 0 Å². The SMILES string of the molecule is CCC(=Cc1ccccc1)C(=O)Oc1ccccc1. The monoisotopic (exact) mass is 252 g/mol. The second kappa shape index (κ2) is 6.55. The molecule has 0 aliphatic heterocycles. The average molecular weight is 252 g/mol. The van der Waals surface area contributed by atoms with E-state index in [0.29, 0.717) is 17.7 Å². The van der Waals surface area contributed by atoms with Crippen LogP contribution in [0.3, 0.4) is 0 Å². The third-order valence-corrected chi connectivity index (χ3v) is 2.74. The molecule has 0 spiro atoms. The quantitative estimate of drug-likeness (QED) is 0.465. The number of carbonyl (C=O) groups is 1. The Hall–Kier alpha value is -2.35. The highest BCUT2D eigenvalue weighted by Crippen LogP contribution is 2.15. The van der Waals surface area contributed by atoms with Crippen molar-refractivity contribution in [1.29, 1.82) is 0 Å². The molecule has 0 aliphatic carbocycles. The van der Waals surface area contributed by atoms with Crippen molar-refractivity contribution in [2.45, 2.75) is 13.3 Å². The zero-order valence-corrected chi connectivity index (χ0v) is 10.9. The molecule has 2 heteroatoms. The smallest absolute Gasteiger partial charge is 0.339 e. The summed E-state index contributed by atoms with van der Waals surface area (Å²) < 4.78 is 5.33. The van der Waals surface area contributed by atoms with E-state index in [-0.39, 0.29) is 5.97 Å². The van der Waals surface area contributed by atoms with E-state index in [1.807, 2.05) is 61.5 Å². The predicted molar refractivity (Wildman–Crippen MR) is 76.8 cm³/mol. The number of carbonyl (C=O) groups excluding carboxylic acids is 1. The van der Waals surface area contributed by atoms with Gasteiger partial charge in [-0.3, -0.25) is 0 Å². The third kappa shape index (κ3) is 3.81. The normalized spacial score (nSPS) is 11.1. The van der Waals surface area contributed by atoms with Crippen LogP contribution in [0.4, 0.5) is 0 Å². The standard InChI is InChI=1S/C17H16O2/c1-2-15(13-14-9-5-3-6-10-14)17(18)19-16-11-7-4-8-12-16/h3-13H,2H2,1H3. The van der Waals surface area contributed by atoms with Crippen LogP contribution in [0.2, 0.25) is 0 Å². The molecule has 2 aromatic carbocycles. The summed E-state index contributed by atoms with van der Waals surface area (Å²) in [5.41, 5.74) is 1.67. The molecule has 0 bridgehead atoms. The van der Waals surface area contributed by atoms with E-state index in [9.17, 15) is 4.79 Å². The number of benzene rings is 2. The first-order chi connectivity index (χ1) is 9.29. The van der Waals surface area contributed by atoms with Gasteiger partial charge >= 0.3 is 5.97 Å². The first-order valence-electron chi connectivity index (χ1n) is 6.32. The molecule has 96 valence electrons. The van der Waals surface area contributed by atoms with Crippen molar-refractivity contribution in [3.05, 3.63) is 71.8 Å². The van der Waals surface area contributed by atoms with Crippen molar-refractivity contribution < 1.29 is 9.53 Å². The number of esters is 1. The van der Waals surface area contributed by atoms with E-state index >= 15 is 0 Å². The molecule has 2 aromatic rings. The minimum Gasteiger partial charge on any atom is -0.423 e. The van der Waals surface area contributed by atoms with Gasteiger partial charge in [0.1, 0.15) is 5.75 Å². The van der Waals surface area contributed by atoms with E-state index < -0.39 is 0 Å². The van der Waals surface area contributed by atoms with E-state index in [4.69, 9.17) is 4.74 Å². The highest BCUT2D eigenvalue weighted by atomic mass is 16.5.